The molecule has 0 aliphatic heterocycles. The normalized spacial score (nSPS) is 10.2. The first-order valence-electron chi connectivity index (χ1n) is 4.32. The van der Waals surface area contributed by atoms with E-state index in [-0.39, 0.29) is 11.6 Å². The van der Waals surface area contributed by atoms with Gasteiger partial charge in [-0.05, 0) is 13.0 Å². The largest absolute Gasteiger partial charge is 0.382 e. The van der Waals surface area contributed by atoms with Crippen molar-refractivity contribution in [2.24, 2.45) is 0 Å². The van der Waals surface area contributed by atoms with Crippen molar-refractivity contribution in [2.75, 3.05) is 5.73 Å². The summed E-state index contributed by atoms with van der Waals surface area (Å²) in [5, 5.41) is 3.95. The number of aromatic nitrogens is 4. The van der Waals surface area contributed by atoms with Gasteiger partial charge in [-0.1, -0.05) is 0 Å². The molecular formula is C9H9N5O. The van der Waals surface area contributed by atoms with E-state index in [1.54, 1.807) is 18.5 Å². The lowest BCUT2D eigenvalue weighted by molar-refractivity contribution is 0.101. The number of hydrogen-bond donors (Lipinski definition) is 1. The van der Waals surface area contributed by atoms with Gasteiger partial charge >= 0.3 is 0 Å². The molecule has 0 unspecified atom stereocenters. The molecule has 0 fully saturated rings. The molecule has 6 nitrogen and oxygen atoms in total. The molecule has 0 spiro atoms. The zero-order chi connectivity index (χ0) is 10.8. The smallest absolute Gasteiger partial charge is 0.250 e. The molecule has 0 bridgehead atoms. The van der Waals surface area contributed by atoms with Crippen LogP contribution in [-0.2, 0) is 0 Å². The molecule has 0 amide bonds. The molecule has 0 saturated heterocycles. The second-order valence-electron chi connectivity index (χ2n) is 2.98. The lowest BCUT2D eigenvalue weighted by Crippen LogP contribution is -2.00. The molecule has 6 heteroatoms. The lowest BCUT2D eigenvalue weighted by atomic mass is 10.2. The van der Waals surface area contributed by atoms with E-state index in [9.17, 15) is 4.79 Å². The minimum Gasteiger partial charge on any atom is -0.382 e. The highest BCUT2D eigenvalue weighted by atomic mass is 16.1. The van der Waals surface area contributed by atoms with E-state index in [0.717, 1.165) is 0 Å². The van der Waals surface area contributed by atoms with Gasteiger partial charge in [-0.3, -0.25) is 4.79 Å². The summed E-state index contributed by atoms with van der Waals surface area (Å²) in [5.74, 6) is 0.446. The third-order valence-corrected chi connectivity index (χ3v) is 1.88. The number of rotatable bonds is 2. The maximum Gasteiger partial charge on any atom is 0.250 e. The first-order valence-corrected chi connectivity index (χ1v) is 4.32. The van der Waals surface area contributed by atoms with Crippen molar-refractivity contribution < 1.29 is 4.79 Å². The first-order chi connectivity index (χ1) is 7.18. The maximum absolute atomic E-state index is 11.1. The monoisotopic (exact) mass is 203 g/mol. The quantitative estimate of drug-likeness (QED) is 0.716. The SMILES string of the molecule is CC(=O)c1cn(-c2ncccn2)nc1N. The van der Waals surface area contributed by atoms with Crippen LogP contribution in [0.15, 0.2) is 24.7 Å². The molecular weight excluding hydrogens is 194 g/mol. The summed E-state index contributed by atoms with van der Waals surface area (Å²) in [6.07, 6.45) is 4.70. The molecule has 0 radical (unpaired) electrons. The van der Waals surface area contributed by atoms with Gasteiger partial charge in [-0.2, -0.15) is 0 Å². The minimum atomic E-state index is -0.130. The van der Waals surface area contributed by atoms with Crippen molar-refractivity contribution in [2.45, 2.75) is 6.92 Å². The Bertz CT molecular complexity index is 490. The van der Waals surface area contributed by atoms with Crippen LogP contribution in [0.3, 0.4) is 0 Å². The predicted molar refractivity (Wildman–Crippen MR) is 53.6 cm³/mol. The van der Waals surface area contributed by atoms with Crippen LogP contribution in [-0.4, -0.2) is 25.5 Å². The highest BCUT2D eigenvalue weighted by molar-refractivity contribution is 5.98. The predicted octanol–water partition coefficient (Wildman–Crippen LogP) is 0.447. The van der Waals surface area contributed by atoms with Gasteiger partial charge in [0.2, 0.25) is 0 Å². The molecule has 2 N–H and O–H groups in total. The summed E-state index contributed by atoms with van der Waals surface area (Å²) in [5.41, 5.74) is 5.95. The first kappa shape index (κ1) is 9.32. The number of ketones is 1. The average Bonchev–Trinajstić information content (AvgIpc) is 2.62. The number of Topliss-reactive ketones (excluding diaryl/α,β-unsaturated/α-hetero) is 1. The highest BCUT2D eigenvalue weighted by Crippen LogP contribution is 2.11. The molecule has 2 rings (SSSR count). The molecule has 0 aliphatic carbocycles. The van der Waals surface area contributed by atoms with Crippen LogP contribution in [0.4, 0.5) is 5.82 Å². The van der Waals surface area contributed by atoms with Crippen molar-refractivity contribution in [1.29, 1.82) is 0 Å². The third kappa shape index (κ3) is 1.69. The average molecular weight is 203 g/mol. The number of hydrogen-bond acceptors (Lipinski definition) is 5. The van der Waals surface area contributed by atoms with Crippen LogP contribution in [0.1, 0.15) is 17.3 Å². The molecule has 0 aliphatic rings. The fourth-order valence-corrected chi connectivity index (χ4v) is 1.17. The van der Waals surface area contributed by atoms with E-state index in [2.05, 4.69) is 15.1 Å². The van der Waals surface area contributed by atoms with E-state index in [1.165, 1.54) is 17.8 Å². The third-order valence-electron chi connectivity index (χ3n) is 1.88. The Labute approximate surface area is 85.8 Å². The Kier molecular flexibility index (Phi) is 2.17. The summed E-state index contributed by atoms with van der Waals surface area (Å²) in [6, 6.07) is 1.70. The standard InChI is InChI=1S/C9H9N5O/c1-6(15)7-5-14(13-8(7)10)9-11-3-2-4-12-9/h2-5H,1H3,(H2,10,13). The Morgan fingerprint density at radius 2 is 2.07 bits per heavy atom. The van der Waals surface area contributed by atoms with Crippen molar-refractivity contribution in [3.63, 3.8) is 0 Å². The summed E-state index contributed by atoms with van der Waals surface area (Å²) < 4.78 is 1.38. The number of nitrogen functional groups attached to an aromatic ring is 1. The van der Waals surface area contributed by atoms with E-state index in [1.807, 2.05) is 0 Å². The van der Waals surface area contributed by atoms with Gasteiger partial charge in [0.05, 0.1) is 5.56 Å². The Hall–Kier alpha value is -2.24. The van der Waals surface area contributed by atoms with Crippen molar-refractivity contribution in [3.05, 3.63) is 30.2 Å². The topological polar surface area (TPSA) is 86.7 Å². The second-order valence-corrected chi connectivity index (χ2v) is 2.98. The number of nitrogens with zero attached hydrogens (tertiary/aromatic N) is 4. The molecule has 0 saturated carbocycles. The Morgan fingerprint density at radius 1 is 1.40 bits per heavy atom. The van der Waals surface area contributed by atoms with E-state index in [0.29, 0.717) is 11.5 Å². The van der Waals surface area contributed by atoms with Gasteiger partial charge in [0.25, 0.3) is 5.95 Å². The maximum atomic E-state index is 11.1. The van der Waals surface area contributed by atoms with Crippen LogP contribution in [0.2, 0.25) is 0 Å². The van der Waals surface area contributed by atoms with Crippen LogP contribution >= 0.6 is 0 Å². The van der Waals surface area contributed by atoms with Crippen LogP contribution < -0.4 is 5.73 Å². The minimum absolute atomic E-state index is 0.130. The molecule has 0 aromatic carbocycles. The molecule has 2 aromatic heterocycles. The molecule has 76 valence electrons. The number of anilines is 1. The lowest BCUT2D eigenvalue weighted by Gasteiger charge is -1.95. The van der Waals surface area contributed by atoms with Crippen LogP contribution in [0.25, 0.3) is 5.95 Å². The van der Waals surface area contributed by atoms with Gasteiger partial charge in [-0.25, -0.2) is 14.6 Å². The fraction of sp³-hybridized carbons (Fsp3) is 0.111. The van der Waals surface area contributed by atoms with E-state index in [4.69, 9.17) is 5.73 Å². The summed E-state index contributed by atoms with van der Waals surface area (Å²) in [7, 11) is 0. The van der Waals surface area contributed by atoms with Gasteiger partial charge in [0.1, 0.15) is 0 Å². The fourth-order valence-electron chi connectivity index (χ4n) is 1.17. The number of nitrogens with two attached hydrogens (primary N) is 1. The summed E-state index contributed by atoms with van der Waals surface area (Å²) in [6.45, 7) is 1.43. The van der Waals surface area contributed by atoms with Crippen molar-refractivity contribution in [3.8, 4) is 5.95 Å². The summed E-state index contributed by atoms with van der Waals surface area (Å²) in [4.78, 5) is 19.1. The van der Waals surface area contributed by atoms with Crippen molar-refractivity contribution in [1.82, 2.24) is 19.7 Å². The summed E-state index contributed by atoms with van der Waals surface area (Å²) >= 11 is 0. The van der Waals surface area contributed by atoms with Gasteiger partial charge < -0.3 is 5.73 Å². The second kappa shape index (κ2) is 3.49. The molecule has 0 atom stereocenters. The van der Waals surface area contributed by atoms with Crippen LogP contribution in [0.5, 0.6) is 0 Å². The van der Waals surface area contributed by atoms with Crippen molar-refractivity contribution >= 4 is 11.6 Å². The van der Waals surface area contributed by atoms with Gasteiger partial charge in [-0.15, -0.1) is 5.10 Å². The molecule has 15 heavy (non-hydrogen) atoms. The van der Waals surface area contributed by atoms with Gasteiger partial charge in [0.15, 0.2) is 11.6 Å². The zero-order valence-electron chi connectivity index (χ0n) is 8.08. The zero-order valence-corrected chi connectivity index (χ0v) is 8.08. The molecule has 2 aromatic rings. The number of carbonyl (C=O) groups excluding carboxylic acids is 1. The van der Waals surface area contributed by atoms with Crippen LogP contribution in [0, 0.1) is 0 Å². The Morgan fingerprint density at radius 3 is 2.60 bits per heavy atom. The Balaban J connectivity index is 2.48. The van der Waals surface area contributed by atoms with Gasteiger partial charge in [0, 0.05) is 18.6 Å². The number of carbonyl (C=O) groups is 1. The van der Waals surface area contributed by atoms with E-state index >= 15 is 0 Å². The molecule has 2 heterocycles. The van der Waals surface area contributed by atoms with E-state index < -0.39 is 0 Å². The highest BCUT2D eigenvalue weighted by Gasteiger charge is 2.11.